The highest BCUT2D eigenvalue weighted by molar-refractivity contribution is 5.45. The minimum atomic E-state index is 0.231. The van der Waals surface area contributed by atoms with E-state index in [4.69, 9.17) is 4.74 Å². The highest BCUT2D eigenvalue weighted by Gasteiger charge is 2.36. The van der Waals surface area contributed by atoms with Crippen molar-refractivity contribution in [2.75, 3.05) is 6.54 Å². The molecule has 0 spiro atoms. The molecule has 0 saturated carbocycles. The van der Waals surface area contributed by atoms with Crippen molar-refractivity contribution in [3.8, 4) is 5.75 Å². The van der Waals surface area contributed by atoms with Gasteiger partial charge >= 0.3 is 0 Å². The average molecular weight is 261 g/mol. The van der Waals surface area contributed by atoms with Gasteiger partial charge in [-0.2, -0.15) is 0 Å². The van der Waals surface area contributed by atoms with Gasteiger partial charge in [0.25, 0.3) is 0 Å². The highest BCUT2D eigenvalue weighted by atomic mass is 16.5. The van der Waals surface area contributed by atoms with E-state index in [0.29, 0.717) is 6.04 Å². The van der Waals surface area contributed by atoms with Gasteiger partial charge in [-0.25, -0.2) is 0 Å². The Hall–Kier alpha value is -1.02. The van der Waals surface area contributed by atoms with Gasteiger partial charge in [-0.15, -0.1) is 0 Å². The van der Waals surface area contributed by atoms with E-state index in [9.17, 15) is 0 Å². The van der Waals surface area contributed by atoms with Crippen molar-refractivity contribution in [1.82, 2.24) is 5.32 Å². The molecule has 1 aliphatic rings. The topological polar surface area (TPSA) is 21.3 Å². The average Bonchev–Trinajstić information content (AvgIpc) is 2.57. The van der Waals surface area contributed by atoms with Gasteiger partial charge in [0.1, 0.15) is 5.75 Å². The number of hydrogen-bond donors (Lipinski definition) is 1. The van der Waals surface area contributed by atoms with Crippen LogP contribution in [0.4, 0.5) is 0 Å². The molecule has 1 aromatic rings. The van der Waals surface area contributed by atoms with E-state index in [1.54, 1.807) is 0 Å². The lowest BCUT2D eigenvalue weighted by atomic mass is 9.86. The van der Waals surface area contributed by atoms with Crippen LogP contribution in [-0.4, -0.2) is 12.6 Å². The molecule has 1 N–H and O–H groups in total. The molecule has 0 aromatic heterocycles. The first-order valence-corrected chi connectivity index (χ1v) is 7.48. The smallest absolute Gasteiger partial charge is 0.120 e. The Bertz CT molecular complexity index is 437. The number of benzene rings is 1. The quantitative estimate of drug-likeness (QED) is 0.858. The van der Waals surface area contributed by atoms with Crippen molar-refractivity contribution in [2.45, 2.75) is 65.0 Å². The van der Waals surface area contributed by atoms with Crippen LogP contribution in [-0.2, 0) is 5.41 Å². The van der Waals surface area contributed by atoms with Crippen LogP contribution in [0.5, 0.6) is 5.75 Å². The van der Waals surface area contributed by atoms with E-state index >= 15 is 0 Å². The van der Waals surface area contributed by atoms with Crippen LogP contribution in [0.3, 0.4) is 0 Å². The predicted octanol–water partition coefficient (Wildman–Crippen LogP) is 4.20. The minimum Gasteiger partial charge on any atom is -0.491 e. The summed E-state index contributed by atoms with van der Waals surface area (Å²) in [7, 11) is 0. The Morgan fingerprint density at radius 1 is 1.37 bits per heavy atom. The minimum absolute atomic E-state index is 0.231. The third-order valence-corrected chi connectivity index (χ3v) is 3.85. The molecule has 0 saturated heterocycles. The summed E-state index contributed by atoms with van der Waals surface area (Å²) in [5, 5.41) is 3.67. The molecule has 0 aliphatic heterocycles. The first-order valence-electron chi connectivity index (χ1n) is 7.48. The Labute approximate surface area is 117 Å². The Kier molecular flexibility index (Phi) is 4.19. The van der Waals surface area contributed by atoms with Crippen LogP contribution < -0.4 is 10.1 Å². The molecule has 2 rings (SSSR count). The standard InChI is InChI=1S/C17H27NO/c1-6-9-18-16-11-17(4,5)15-8-7-13(10-14(15)16)19-12(2)3/h7-8,10,12,16,18H,6,9,11H2,1-5H3. The maximum Gasteiger partial charge on any atom is 0.120 e. The van der Waals surface area contributed by atoms with E-state index in [1.807, 2.05) is 0 Å². The number of nitrogens with one attached hydrogen (secondary N) is 1. The van der Waals surface area contributed by atoms with Crippen molar-refractivity contribution in [1.29, 1.82) is 0 Å². The zero-order chi connectivity index (χ0) is 14.0. The lowest BCUT2D eigenvalue weighted by molar-refractivity contribution is 0.242. The fraction of sp³-hybridized carbons (Fsp3) is 0.647. The number of fused-ring (bicyclic) bond motifs is 1. The Morgan fingerprint density at radius 3 is 2.74 bits per heavy atom. The molecule has 2 heteroatoms. The van der Waals surface area contributed by atoms with Gasteiger partial charge in [0.05, 0.1) is 6.10 Å². The normalized spacial score (nSPS) is 20.6. The van der Waals surface area contributed by atoms with E-state index < -0.39 is 0 Å². The molecule has 0 amide bonds. The van der Waals surface area contributed by atoms with Crippen LogP contribution in [0.1, 0.15) is 64.6 Å². The largest absolute Gasteiger partial charge is 0.491 e. The molecule has 0 bridgehead atoms. The van der Waals surface area contributed by atoms with Gasteiger partial charge < -0.3 is 10.1 Å². The SMILES string of the molecule is CCCNC1CC(C)(C)c2ccc(OC(C)C)cc21. The Morgan fingerprint density at radius 2 is 2.11 bits per heavy atom. The summed E-state index contributed by atoms with van der Waals surface area (Å²) in [4.78, 5) is 0. The first-order chi connectivity index (χ1) is 8.94. The van der Waals surface area contributed by atoms with Gasteiger partial charge in [0, 0.05) is 6.04 Å². The third-order valence-electron chi connectivity index (χ3n) is 3.85. The monoisotopic (exact) mass is 261 g/mol. The fourth-order valence-corrected chi connectivity index (χ4v) is 3.02. The third kappa shape index (κ3) is 3.11. The van der Waals surface area contributed by atoms with Crippen LogP contribution >= 0.6 is 0 Å². The van der Waals surface area contributed by atoms with Crippen LogP contribution in [0.25, 0.3) is 0 Å². The summed E-state index contributed by atoms with van der Waals surface area (Å²) in [5.41, 5.74) is 3.16. The lowest BCUT2D eigenvalue weighted by Gasteiger charge is -2.19. The van der Waals surface area contributed by atoms with Gasteiger partial charge in [0.2, 0.25) is 0 Å². The summed E-state index contributed by atoms with van der Waals surface area (Å²) in [6, 6.07) is 7.07. The molecular weight excluding hydrogens is 234 g/mol. The molecule has 1 aliphatic carbocycles. The second-order valence-electron chi connectivity index (χ2n) is 6.51. The molecule has 1 unspecified atom stereocenters. The van der Waals surface area contributed by atoms with Crippen molar-refractivity contribution in [3.63, 3.8) is 0 Å². The van der Waals surface area contributed by atoms with Crippen molar-refractivity contribution in [3.05, 3.63) is 29.3 Å². The Balaban J connectivity index is 2.28. The van der Waals surface area contributed by atoms with Gasteiger partial charge in [-0.1, -0.05) is 26.8 Å². The number of rotatable bonds is 5. The first kappa shape index (κ1) is 14.4. The predicted molar refractivity (Wildman–Crippen MR) is 80.9 cm³/mol. The highest BCUT2D eigenvalue weighted by Crippen LogP contribution is 2.45. The summed E-state index contributed by atoms with van der Waals surface area (Å²) in [6.45, 7) is 12.1. The molecule has 0 heterocycles. The van der Waals surface area contributed by atoms with Crippen molar-refractivity contribution < 1.29 is 4.74 Å². The van der Waals surface area contributed by atoms with Gasteiger partial charge in [-0.05, 0) is 61.9 Å². The molecule has 0 fully saturated rings. The maximum absolute atomic E-state index is 5.83. The van der Waals surface area contributed by atoms with Crippen molar-refractivity contribution >= 4 is 0 Å². The molecule has 1 atom stereocenters. The van der Waals surface area contributed by atoms with Crippen LogP contribution in [0, 0.1) is 0 Å². The van der Waals surface area contributed by atoms with Gasteiger partial charge in [0.15, 0.2) is 0 Å². The van der Waals surface area contributed by atoms with Crippen LogP contribution in [0.15, 0.2) is 18.2 Å². The van der Waals surface area contributed by atoms with E-state index in [2.05, 4.69) is 58.1 Å². The summed E-state index contributed by atoms with van der Waals surface area (Å²) < 4.78 is 5.83. The van der Waals surface area contributed by atoms with Crippen molar-refractivity contribution in [2.24, 2.45) is 0 Å². The lowest BCUT2D eigenvalue weighted by Crippen LogP contribution is -2.22. The summed E-state index contributed by atoms with van der Waals surface area (Å²) >= 11 is 0. The van der Waals surface area contributed by atoms with E-state index in [-0.39, 0.29) is 11.5 Å². The zero-order valence-electron chi connectivity index (χ0n) is 12.9. The number of ether oxygens (including phenoxy) is 1. The molecule has 1 aromatic carbocycles. The van der Waals surface area contributed by atoms with Crippen LogP contribution in [0.2, 0.25) is 0 Å². The maximum atomic E-state index is 5.83. The van der Waals surface area contributed by atoms with E-state index in [0.717, 1.165) is 12.3 Å². The number of hydrogen-bond acceptors (Lipinski definition) is 2. The summed E-state index contributed by atoms with van der Waals surface area (Å²) in [5.74, 6) is 0.995. The van der Waals surface area contributed by atoms with Gasteiger partial charge in [-0.3, -0.25) is 0 Å². The molecule has 19 heavy (non-hydrogen) atoms. The molecular formula is C17H27NO. The zero-order valence-corrected chi connectivity index (χ0v) is 12.9. The summed E-state index contributed by atoms with van der Waals surface area (Å²) in [6.07, 6.45) is 2.58. The molecule has 2 nitrogen and oxygen atoms in total. The fourth-order valence-electron chi connectivity index (χ4n) is 3.02. The molecule has 106 valence electrons. The van der Waals surface area contributed by atoms with E-state index in [1.165, 1.54) is 24.0 Å². The molecule has 0 radical (unpaired) electrons. The second-order valence-corrected chi connectivity index (χ2v) is 6.51. The second kappa shape index (κ2) is 5.54.